The number of pyridine rings is 1. The van der Waals surface area contributed by atoms with E-state index < -0.39 is 0 Å². The van der Waals surface area contributed by atoms with Crippen molar-refractivity contribution < 1.29 is 0 Å². The second-order valence-electron chi connectivity index (χ2n) is 6.50. The van der Waals surface area contributed by atoms with Crippen LogP contribution in [0.2, 0.25) is 0 Å². The third-order valence-electron chi connectivity index (χ3n) is 4.75. The average Bonchev–Trinajstić information content (AvgIpc) is 3.02. The number of nitrogens with one attached hydrogen (secondary N) is 2. The number of aryl methyl sites for hydroxylation is 1. The molecule has 0 bridgehead atoms. The second kappa shape index (κ2) is 6.03. The molecule has 0 saturated heterocycles. The fourth-order valence-electron chi connectivity index (χ4n) is 3.44. The van der Waals surface area contributed by atoms with Gasteiger partial charge in [-0.2, -0.15) is 5.10 Å². The number of nitrogens with zero attached hydrogens (tertiary/aromatic N) is 2. The number of anilines is 1. The van der Waals surface area contributed by atoms with Gasteiger partial charge in [-0.05, 0) is 25.8 Å². The molecule has 0 atom stereocenters. The minimum Gasteiger partial charge on any atom is -0.367 e. The van der Waals surface area contributed by atoms with Crippen LogP contribution in [0, 0.1) is 6.92 Å². The molecule has 4 rings (SSSR count). The van der Waals surface area contributed by atoms with Gasteiger partial charge in [0.1, 0.15) is 11.5 Å². The van der Waals surface area contributed by atoms with Gasteiger partial charge >= 0.3 is 0 Å². The van der Waals surface area contributed by atoms with Crippen LogP contribution in [0.1, 0.15) is 37.7 Å². The van der Waals surface area contributed by atoms with Gasteiger partial charge in [0.2, 0.25) is 0 Å². The maximum Gasteiger partial charge on any atom is 0.137 e. The summed E-state index contributed by atoms with van der Waals surface area (Å²) in [6.45, 7) is 2.10. The number of H-pyrrole nitrogens is 1. The normalized spacial score (nSPS) is 15.9. The number of rotatable bonds is 3. The zero-order chi connectivity index (χ0) is 15.6. The molecule has 0 aliphatic heterocycles. The van der Waals surface area contributed by atoms with E-state index in [0.717, 1.165) is 28.0 Å². The standard InChI is InChI=1S/C19H22N4/c1-13-7-9-14(10-8-13)18-17-16(22-23-18)11-12-20-19(17)21-15-5-3-2-4-6-15/h7-12,15H,2-6H2,1H3,(H,20,21)(H,22,23). The number of benzene rings is 1. The van der Waals surface area contributed by atoms with Crippen molar-refractivity contribution in [3.05, 3.63) is 42.1 Å². The lowest BCUT2D eigenvalue weighted by molar-refractivity contribution is 0.462. The van der Waals surface area contributed by atoms with Crippen molar-refractivity contribution in [2.24, 2.45) is 0 Å². The first kappa shape index (κ1) is 14.2. The Morgan fingerprint density at radius 3 is 2.61 bits per heavy atom. The van der Waals surface area contributed by atoms with Crippen molar-refractivity contribution in [2.45, 2.75) is 45.1 Å². The average molecular weight is 306 g/mol. The van der Waals surface area contributed by atoms with E-state index in [0.29, 0.717) is 6.04 Å². The lowest BCUT2D eigenvalue weighted by Gasteiger charge is -2.23. The van der Waals surface area contributed by atoms with Gasteiger partial charge in [-0.15, -0.1) is 0 Å². The molecule has 4 nitrogen and oxygen atoms in total. The van der Waals surface area contributed by atoms with Crippen LogP contribution in [0.15, 0.2) is 36.5 Å². The maximum atomic E-state index is 4.61. The molecule has 1 fully saturated rings. The van der Waals surface area contributed by atoms with E-state index in [2.05, 4.69) is 51.7 Å². The van der Waals surface area contributed by atoms with Crippen LogP contribution < -0.4 is 5.32 Å². The van der Waals surface area contributed by atoms with Gasteiger partial charge in [0.25, 0.3) is 0 Å². The van der Waals surface area contributed by atoms with Crippen molar-refractivity contribution in [1.82, 2.24) is 15.2 Å². The SMILES string of the molecule is Cc1ccc(-c2n[nH]c3ccnc(NC4CCCCC4)c23)cc1. The van der Waals surface area contributed by atoms with E-state index in [1.165, 1.54) is 37.7 Å². The topological polar surface area (TPSA) is 53.6 Å². The Balaban J connectivity index is 1.75. The van der Waals surface area contributed by atoms with Gasteiger partial charge in [-0.25, -0.2) is 4.98 Å². The molecule has 1 aliphatic carbocycles. The molecule has 1 saturated carbocycles. The van der Waals surface area contributed by atoms with Gasteiger partial charge in [-0.3, -0.25) is 5.10 Å². The molecule has 0 amide bonds. The van der Waals surface area contributed by atoms with Crippen LogP contribution in [0.5, 0.6) is 0 Å². The molecule has 2 N–H and O–H groups in total. The smallest absolute Gasteiger partial charge is 0.137 e. The molecular weight excluding hydrogens is 284 g/mol. The van der Waals surface area contributed by atoms with Crippen molar-refractivity contribution >= 4 is 16.7 Å². The Kier molecular flexibility index (Phi) is 3.74. The summed E-state index contributed by atoms with van der Waals surface area (Å²) < 4.78 is 0. The summed E-state index contributed by atoms with van der Waals surface area (Å²) in [6, 6.07) is 11.0. The van der Waals surface area contributed by atoms with Gasteiger partial charge in [-0.1, -0.05) is 49.1 Å². The maximum absolute atomic E-state index is 4.61. The van der Waals surface area contributed by atoms with Gasteiger partial charge in [0.15, 0.2) is 0 Å². The van der Waals surface area contributed by atoms with E-state index in [1.807, 2.05) is 12.3 Å². The third-order valence-corrected chi connectivity index (χ3v) is 4.75. The summed E-state index contributed by atoms with van der Waals surface area (Å²) in [5.74, 6) is 0.957. The summed E-state index contributed by atoms with van der Waals surface area (Å²) in [5, 5.41) is 12.5. The van der Waals surface area contributed by atoms with E-state index in [4.69, 9.17) is 0 Å². The summed E-state index contributed by atoms with van der Waals surface area (Å²) in [6.07, 6.45) is 8.29. The Bertz CT molecular complexity index is 798. The highest BCUT2D eigenvalue weighted by molar-refractivity contribution is 6.00. The Morgan fingerprint density at radius 2 is 1.83 bits per heavy atom. The highest BCUT2D eigenvalue weighted by atomic mass is 15.1. The lowest BCUT2D eigenvalue weighted by atomic mass is 9.95. The van der Waals surface area contributed by atoms with Gasteiger partial charge in [0, 0.05) is 17.8 Å². The van der Waals surface area contributed by atoms with Crippen LogP contribution in [0.25, 0.3) is 22.2 Å². The fourth-order valence-corrected chi connectivity index (χ4v) is 3.44. The number of aromatic amines is 1. The molecule has 2 aromatic heterocycles. The summed E-state index contributed by atoms with van der Waals surface area (Å²) in [7, 11) is 0. The van der Waals surface area contributed by atoms with Gasteiger partial charge in [0.05, 0.1) is 10.9 Å². The molecule has 2 heterocycles. The van der Waals surface area contributed by atoms with Crippen molar-refractivity contribution in [1.29, 1.82) is 0 Å². The monoisotopic (exact) mass is 306 g/mol. The zero-order valence-electron chi connectivity index (χ0n) is 13.5. The van der Waals surface area contributed by atoms with E-state index >= 15 is 0 Å². The molecular formula is C19H22N4. The van der Waals surface area contributed by atoms with E-state index in [9.17, 15) is 0 Å². The molecule has 3 aromatic rings. The minimum absolute atomic E-state index is 0.530. The number of aromatic nitrogens is 3. The van der Waals surface area contributed by atoms with Crippen molar-refractivity contribution in [3.63, 3.8) is 0 Å². The van der Waals surface area contributed by atoms with Crippen LogP contribution in [-0.4, -0.2) is 21.2 Å². The third kappa shape index (κ3) is 2.81. The summed E-state index contributed by atoms with van der Waals surface area (Å²) in [5.41, 5.74) is 4.40. The predicted octanol–water partition coefficient (Wildman–Crippen LogP) is 4.68. The van der Waals surface area contributed by atoms with Crippen LogP contribution in [0.3, 0.4) is 0 Å². The van der Waals surface area contributed by atoms with Crippen molar-refractivity contribution in [2.75, 3.05) is 5.32 Å². The molecule has 1 aliphatic rings. The van der Waals surface area contributed by atoms with Crippen LogP contribution >= 0.6 is 0 Å². The molecule has 23 heavy (non-hydrogen) atoms. The molecule has 0 spiro atoms. The fraction of sp³-hybridized carbons (Fsp3) is 0.368. The summed E-state index contributed by atoms with van der Waals surface area (Å²) >= 11 is 0. The highest BCUT2D eigenvalue weighted by Crippen LogP contribution is 2.32. The van der Waals surface area contributed by atoms with E-state index in [1.54, 1.807) is 0 Å². The lowest BCUT2D eigenvalue weighted by Crippen LogP contribution is -2.22. The molecule has 118 valence electrons. The highest BCUT2D eigenvalue weighted by Gasteiger charge is 2.18. The van der Waals surface area contributed by atoms with E-state index in [-0.39, 0.29) is 0 Å². The van der Waals surface area contributed by atoms with Crippen molar-refractivity contribution in [3.8, 4) is 11.3 Å². The Hall–Kier alpha value is -2.36. The van der Waals surface area contributed by atoms with Gasteiger partial charge < -0.3 is 5.32 Å². The van der Waals surface area contributed by atoms with Crippen LogP contribution in [-0.2, 0) is 0 Å². The second-order valence-corrected chi connectivity index (χ2v) is 6.50. The molecule has 0 radical (unpaired) electrons. The first-order valence-corrected chi connectivity index (χ1v) is 8.48. The number of fused-ring (bicyclic) bond motifs is 1. The zero-order valence-corrected chi connectivity index (χ0v) is 13.5. The molecule has 4 heteroatoms. The Labute approximate surface area is 136 Å². The minimum atomic E-state index is 0.530. The molecule has 1 aromatic carbocycles. The quantitative estimate of drug-likeness (QED) is 0.739. The number of hydrogen-bond acceptors (Lipinski definition) is 3. The molecule has 0 unspecified atom stereocenters. The van der Waals surface area contributed by atoms with Crippen LogP contribution in [0.4, 0.5) is 5.82 Å². The Morgan fingerprint density at radius 1 is 1.04 bits per heavy atom. The first-order chi connectivity index (χ1) is 11.3. The number of hydrogen-bond donors (Lipinski definition) is 2. The first-order valence-electron chi connectivity index (χ1n) is 8.48. The summed E-state index contributed by atoms with van der Waals surface area (Å²) in [4.78, 5) is 4.61. The largest absolute Gasteiger partial charge is 0.367 e. The predicted molar refractivity (Wildman–Crippen MR) is 94.6 cm³/mol.